The number of benzene rings is 1. The zero-order valence-electron chi connectivity index (χ0n) is 16.6. The molecule has 0 atom stereocenters. The Kier molecular flexibility index (Phi) is 7.39. The second kappa shape index (κ2) is 8.63. The van der Waals surface area contributed by atoms with Crippen LogP contribution in [0.4, 0.5) is 14.5 Å². The average molecular weight is 354 g/mol. The van der Waals surface area contributed by atoms with Gasteiger partial charge in [0.1, 0.15) is 5.75 Å². The molecule has 25 heavy (non-hydrogen) atoms. The van der Waals surface area contributed by atoms with E-state index < -0.39 is 17.9 Å². The third-order valence-electron chi connectivity index (χ3n) is 3.89. The van der Waals surface area contributed by atoms with Crippen LogP contribution in [-0.2, 0) is 0 Å². The van der Waals surface area contributed by atoms with E-state index in [9.17, 15) is 8.78 Å². The van der Waals surface area contributed by atoms with Crippen molar-refractivity contribution in [1.82, 2.24) is 4.90 Å². The Hall–Kier alpha value is -1.65. The van der Waals surface area contributed by atoms with Crippen molar-refractivity contribution in [1.29, 1.82) is 0 Å². The molecule has 0 N–H and O–H groups in total. The van der Waals surface area contributed by atoms with Gasteiger partial charge in [-0.05, 0) is 56.4 Å². The first kappa shape index (κ1) is 21.4. The van der Waals surface area contributed by atoms with Crippen LogP contribution < -0.4 is 4.74 Å². The molecule has 0 amide bonds. The monoisotopic (exact) mass is 354 g/mol. The number of alkyl halides is 2. The molecule has 0 saturated heterocycles. The van der Waals surface area contributed by atoms with Crippen molar-refractivity contribution in [2.45, 2.75) is 60.8 Å². The van der Waals surface area contributed by atoms with E-state index >= 15 is 0 Å². The Balaban J connectivity index is 2.86. The van der Waals surface area contributed by atoms with Crippen molar-refractivity contribution >= 4 is 12.0 Å². The van der Waals surface area contributed by atoms with E-state index in [0.29, 0.717) is 5.75 Å². The fourth-order valence-corrected chi connectivity index (χ4v) is 2.61. The Labute approximate surface area is 151 Å². The normalized spacial score (nSPS) is 12.7. The van der Waals surface area contributed by atoms with Crippen LogP contribution in [0.25, 0.3) is 0 Å². The largest absolute Gasteiger partial charge is 0.487 e. The maximum atomic E-state index is 14.1. The van der Waals surface area contributed by atoms with Gasteiger partial charge >= 0.3 is 0 Å². The lowest BCUT2D eigenvalue weighted by molar-refractivity contribution is -0.0696. The standard InChI is InChI=1S/C20H32F2N2O/c1-8-24(9-2)14-23-17-10-16(4)18(11-15(17)3)25-13-20(21,22)12-19(5,6)7/h10-11,14H,8-9,12-13H2,1-7H3. The van der Waals surface area contributed by atoms with Crippen LogP contribution in [-0.4, -0.2) is 36.9 Å². The summed E-state index contributed by atoms with van der Waals surface area (Å²) >= 11 is 0. The fourth-order valence-electron chi connectivity index (χ4n) is 2.61. The molecule has 0 aliphatic heterocycles. The molecular formula is C20H32F2N2O. The molecule has 1 rings (SSSR count). The van der Waals surface area contributed by atoms with Gasteiger partial charge in [0, 0.05) is 19.5 Å². The van der Waals surface area contributed by atoms with Gasteiger partial charge < -0.3 is 9.64 Å². The summed E-state index contributed by atoms with van der Waals surface area (Å²) in [6.07, 6.45) is 1.62. The molecule has 0 aliphatic carbocycles. The second-order valence-corrected chi connectivity index (χ2v) is 7.75. The van der Waals surface area contributed by atoms with Crippen molar-refractivity contribution in [3.8, 4) is 5.75 Å². The Morgan fingerprint density at radius 1 is 1.08 bits per heavy atom. The van der Waals surface area contributed by atoms with E-state index in [1.807, 2.05) is 26.3 Å². The van der Waals surface area contributed by atoms with Crippen LogP contribution in [0.3, 0.4) is 0 Å². The summed E-state index contributed by atoms with van der Waals surface area (Å²) in [5.41, 5.74) is 2.10. The third kappa shape index (κ3) is 7.41. The first-order valence-electron chi connectivity index (χ1n) is 8.87. The zero-order valence-corrected chi connectivity index (χ0v) is 16.6. The van der Waals surface area contributed by atoms with Crippen LogP contribution in [0.5, 0.6) is 5.75 Å². The van der Waals surface area contributed by atoms with Crippen LogP contribution in [0.2, 0.25) is 0 Å². The highest BCUT2D eigenvalue weighted by Gasteiger charge is 2.35. The molecule has 0 heterocycles. The topological polar surface area (TPSA) is 24.8 Å². The summed E-state index contributed by atoms with van der Waals surface area (Å²) in [4.78, 5) is 6.59. The predicted octanol–water partition coefficient (Wildman–Crippen LogP) is 5.76. The first-order valence-corrected chi connectivity index (χ1v) is 8.87. The molecule has 142 valence electrons. The molecule has 0 radical (unpaired) electrons. The lowest BCUT2D eigenvalue weighted by Crippen LogP contribution is -2.31. The lowest BCUT2D eigenvalue weighted by Gasteiger charge is -2.26. The number of hydrogen-bond acceptors (Lipinski definition) is 2. The quantitative estimate of drug-likeness (QED) is 0.438. The summed E-state index contributed by atoms with van der Waals surface area (Å²) in [7, 11) is 0. The van der Waals surface area contributed by atoms with Gasteiger partial charge in [0.25, 0.3) is 5.92 Å². The molecule has 0 fully saturated rings. The number of aliphatic imine (C=N–C) groups is 1. The van der Waals surface area contributed by atoms with Crippen molar-refractivity contribution in [2.24, 2.45) is 10.4 Å². The molecule has 0 unspecified atom stereocenters. The molecule has 0 spiro atoms. The smallest absolute Gasteiger partial charge is 0.281 e. The van der Waals surface area contributed by atoms with E-state index in [1.54, 1.807) is 26.8 Å². The molecule has 5 heteroatoms. The van der Waals surface area contributed by atoms with Gasteiger partial charge in [-0.15, -0.1) is 0 Å². The molecule has 0 aliphatic rings. The fraction of sp³-hybridized carbons (Fsp3) is 0.650. The number of ether oxygens (including phenoxy) is 1. The zero-order chi connectivity index (χ0) is 19.3. The van der Waals surface area contributed by atoms with E-state index in [2.05, 4.69) is 23.7 Å². The maximum Gasteiger partial charge on any atom is 0.281 e. The molecule has 1 aromatic rings. The van der Waals surface area contributed by atoms with Crippen LogP contribution in [0, 0.1) is 19.3 Å². The van der Waals surface area contributed by atoms with Crippen molar-refractivity contribution < 1.29 is 13.5 Å². The van der Waals surface area contributed by atoms with Gasteiger partial charge in [0.15, 0.2) is 6.61 Å². The Bertz CT molecular complexity index is 588. The highest BCUT2D eigenvalue weighted by atomic mass is 19.3. The van der Waals surface area contributed by atoms with Crippen molar-refractivity contribution in [3.63, 3.8) is 0 Å². The van der Waals surface area contributed by atoms with E-state index in [0.717, 1.165) is 29.9 Å². The van der Waals surface area contributed by atoms with E-state index in [4.69, 9.17) is 4.74 Å². The van der Waals surface area contributed by atoms with Crippen LogP contribution in [0.1, 0.15) is 52.2 Å². The van der Waals surface area contributed by atoms with Crippen LogP contribution in [0.15, 0.2) is 17.1 Å². The molecule has 0 bridgehead atoms. The molecule has 0 aromatic heterocycles. The number of halogens is 2. The molecule has 1 aromatic carbocycles. The van der Waals surface area contributed by atoms with Gasteiger partial charge in [-0.2, -0.15) is 0 Å². The van der Waals surface area contributed by atoms with E-state index in [1.165, 1.54) is 0 Å². The summed E-state index contributed by atoms with van der Waals surface area (Å²) in [5, 5.41) is 0. The van der Waals surface area contributed by atoms with Crippen LogP contribution >= 0.6 is 0 Å². The Morgan fingerprint density at radius 3 is 2.20 bits per heavy atom. The number of rotatable bonds is 8. The minimum Gasteiger partial charge on any atom is -0.487 e. The lowest BCUT2D eigenvalue weighted by atomic mass is 9.89. The number of hydrogen-bond donors (Lipinski definition) is 0. The van der Waals surface area contributed by atoms with Gasteiger partial charge in [0.2, 0.25) is 0 Å². The van der Waals surface area contributed by atoms with Gasteiger partial charge in [0.05, 0.1) is 12.0 Å². The average Bonchev–Trinajstić information content (AvgIpc) is 2.47. The summed E-state index contributed by atoms with van der Waals surface area (Å²) in [6, 6.07) is 3.67. The minimum atomic E-state index is -2.85. The predicted molar refractivity (Wildman–Crippen MR) is 102 cm³/mol. The maximum absolute atomic E-state index is 14.1. The first-order chi connectivity index (χ1) is 11.5. The summed E-state index contributed by atoms with van der Waals surface area (Å²) in [5.74, 6) is -2.36. The third-order valence-corrected chi connectivity index (χ3v) is 3.89. The molecule has 0 saturated carbocycles. The van der Waals surface area contributed by atoms with Crippen molar-refractivity contribution in [2.75, 3.05) is 19.7 Å². The number of aryl methyl sites for hydroxylation is 2. The molecular weight excluding hydrogens is 322 g/mol. The van der Waals surface area contributed by atoms with E-state index in [-0.39, 0.29) is 6.42 Å². The Morgan fingerprint density at radius 2 is 1.68 bits per heavy atom. The highest BCUT2D eigenvalue weighted by molar-refractivity contribution is 5.64. The summed E-state index contributed by atoms with van der Waals surface area (Å²) in [6.45, 7) is 14.5. The van der Waals surface area contributed by atoms with Gasteiger partial charge in [-0.1, -0.05) is 20.8 Å². The minimum absolute atomic E-state index is 0.204. The highest BCUT2D eigenvalue weighted by Crippen LogP contribution is 2.33. The molecule has 3 nitrogen and oxygen atoms in total. The van der Waals surface area contributed by atoms with Gasteiger partial charge in [-0.3, -0.25) is 0 Å². The summed E-state index contributed by atoms with van der Waals surface area (Å²) < 4.78 is 33.5. The van der Waals surface area contributed by atoms with Gasteiger partial charge in [-0.25, -0.2) is 13.8 Å². The second-order valence-electron chi connectivity index (χ2n) is 7.75. The number of nitrogens with zero attached hydrogens (tertiary/aromatic N) is 2. The van der Waals surface area contributed by atoms with Crippen molar-refractivity contribution in [3.05, 3.63) is 23.3 Å². The SMILES string of the molecule is CCN(C=Nc1cc(C)c(OCC(F)(F)CC(C)(C)C)cc1C)CC.